The molecule has 0 aromatic carbocycles. The van der Waals surface area contributed by atoms with E-state index in [1.807, 2.05) is 0 Å². The van der Waals surface area contributed by atoms with Crippen molar-refractivity contribution in [1.29, 1.82) is 0 Å². The summed E-state index contributed by atoms with van der Waals surface area (Å²) < 4.78 is 1.32. The zero-order chi connectivity index (χ0) is 9.30. The van der Waals surface area contributed by atoms with Gasteiger partial charge in [0.15, 0.2) is 0 Å². The lowest BCUT2D eigenvalue weighted by Gasteiger charge is -2.03. The highest BCUT2D eigenvalue weighted by molar-refractivity contribution is 6.58. The third-order valence-electron chi connectivity index (χ3n) is 1.68. The van der Waals surface area contributed by atoms with Crippen LogP contribution in [0.3, 0.4) is 0 Å². The van der Waals surface area contributed by atoms with Crippen LogP contribution in [-0.4, -0.2) is 21.7 Å². The Bertz CT molecular complexity index is 319. The van der Waals surface area contributed by atoms with Crippen molar-refractivity contribution in [2.45, 2.75) is 6.92 Å². The van der Waals surface area contributed by atoms with Gasteiger partial charge in [-0.15, -0.1) is 0 Å². The van der Waals surface area contributed by atoms with Gasteiger partial charge in [-0.25, -0.2) is 0 Å². The first-order valence-electron chi connectivity index (χ1n) is 3.55. The summed E-state index contributed by atoms with van der Waals surface area (Å²) in [6.45, 7) is 1.63. The van der Waals surface area contributed by atoms with Crippen molar-refractivity contribution in [3.05, 3.63) is 28.2 Å². The number of rotatable bonds is 1. The molecule has 0 spiro atoms. The Hall–Kier alpha value is -1.07. The highest BCUT2D eigenvalue weighted by Gasteiger charge is 2.12. The minimum atomic E-state index is -1.52. The zero-order valence-corrected chi connectivity index (χ0v) is 6.98. The van der Waals surface area contributed by atoms with E-state index in [2.05, 4.69) is 0 Å². The molecule has 0 fully saturated rings. The molecule has 0 aliphatic rings. The fraction of sp³-hybridized carbons (Fsp3) is 0.286. The largest absolute Gasteiger partial charge is 0.489 e. The van der Waals surface area contributed by atoms with E-state index in [1.165, 1.54) is 16.8 Å². The fourth-order valence-electron chi connectivity index (χ4n) is 1.05. The average molecular weight is 167 g/mol. The van der Waals surface area contributed by atoms with Crippen LogP contribution < -0.4 is 11.0 Å². The predicted octanol–water partition coefficient (Wildman–Crippen LogP) is -1.63. The number of pyridine rings is 1. The normalized spacial score (nSPS) is 10.0. The number of hydrogen-bond donors (Lipinski definition) is 2. The minimum absolute atomic E-state index is 0.126. The lowest BCUT2D eigenvalue weighted by molar-refractivity contribution is 0.425. The SMILES string of the molecule is Cc1cc(B(O)O)cn(C)c1=O. The van der Waals surface area contributed by atoms with E-state index in [0.717, 1.165) is 0 Å². The Balaban J connectivity index is 3.31. The van der Waals surface area contributed by atoms with Gasteiger partial charge in [-0.1, -0.05) is 6.07 Å². The maximum atomic E-state index is 11.1. The third kappa shape index (κ3) is 1.57. The van der Waals surface area contributed by atoms with Gasteiger partial charge in [0.25, 0.3) is 5.56 Å². The number of nitrogens with zero attached hydrogens (tertiary/aromatic N) is 1. The van der Waals surface area contributed by atoms with Crippen molar-refractivity contribution in [2.24, 2.45) is 7.05 Å². The topological polar surface area (TPSA) is 62.5 Å². The van der Waals surface area contributed by atoms with Crippen LogP contribution in [0.15, 0.2) is 17.1 Å². The molecule has 64 valence electrons. The maximum absolute atomic E-state index is 11.1. The third-order valence-corrected chi connectivity index (χ3v) is 1.68. The Morgan fingerprint density at radius 2 is 2.08 bits per heavy atom. The standard InChI is InChI=1S/C7H10BNO3/c1-5-3-6(8(11)12)4-9(2)7(5)10/h3-4,11-12H,1-2H3. The predicted molar refractivity (Wildman–Crippen MR) is 46.2 cm³/mol. The number of aromatic nitrogens is 1. The quantitative estimate of drug-likeness (QED) is 0.493. The molecule has 0 aliphatic carbocycles. The molecule has 0 unspecified atom stereocenters. The molecule has 5 heteroatoms. The van der Waals surface area contributed by atoms with Crippen LogP contribution in [0.5, 0.6) is 0 Å². The second-order valence-electron chi connectivity index (χ2n) is 2.75. The summed E-state index contributed by atoms with van der Waals surface area (Å²) in [4.78, 5) is 11.1. The summed E-state index contributed by atoms with van der Waals surface area (Å²) in [5.41, 5.74) is 0.706. The molecule has 4 nitrogen and oxygen atoms in total. The number of hydrogen-bond acceptors (Lipinski definition) is 3. The molecule has 0 radical (unpaired) electrons. The van der Waals surface area contributed by atoms with Crippen molar-refractivity contribution in [2.75, 3.05) is 0 Å². The molecule has 0 saturated heterocycles. The summed E-state index contributed by atoms with van der Waals surface area (Å²) in [6, 6.07) is 1.47. The first-order valence-corrected chi connectivity index (χ1v) is 3.55. The molecule has 0 amide bonds. The van der Waals surface area contributed by atoms with Crippen LogP contribution in [-0.2, 0) is 7.05 Å². The van der Waals surface area contributed by atoms with Crippen LogP contribution in [0, 0.1) is 6.92 Å². The first-order chi connectivity index (χ1) is 5.52. The molecule has 2 N–H and O–H groups in total. The van der Waals surface area contributed by atoms with Crippen LogP contribution in [0.2, 0.25) is 0 Å². The summed E-state index contributed by atoms with van der Waals surface area (Å²) in [5.74, 6) is 0. The zero-order valence-electron chi connectivity index (χ0n) is 6.98. The Morgan fingerprint density at radius 3 is 2.50 bits per heavy atom. The van der Waals surface area contributed by atoms with E-state index < -0.39 is 7.12 Å². The molecule has 0 aliphatic heterocycles. The average Bonchev–Trinajstić information content (AvgIpc) is 1.99. The molecular formula is C7H10BNO3. The molecule has 1 heterocycles. The summed E-state index contributed by atoms with van der Waals surface area (Å²) >= 11 is 0. The van der Waals surface area contributed by atoms with Gasteiger partial charge in [0.2, 0.25) is 0 Å². The monoisotopic (exact) mass is 167 g/mol. The van der Waals surface area contributed by atoms with Gasteiger partial charge < -0.3 is 14.6 Å². The van der Waals surface area contributed by atoms with E-state index in [1.54, 1.807) is 14.0 Å². The van der Waals surface area contributed by atoms with Gasteiger partial charge in [-0.05, 0) is 12.4 Å². The van der Waals surface area contributed by atoms with Crippen LogP contribution in [0.1, 0.15) is 5.56 Å². The summed E-state index contributed by atoms with van der Waals surface area (Å²) in [5, 5.41) is 17.6. The van der Waals surface area contributed by atoms with Gasteiger partial charge in [-0.2, -0.15) is 0 Å². The van der Waals surface area contributed by atoms with Crippen molar-refractivity contribution in [3.63, 3.8) is 0 Å². The lowest BCUT2D eigenvalue weighted by Crippen LogP contribution is -2.35. The smallest absolute Gasteiger partial charge is 0.423 e. The first kappa shape index (κ1) is 9.03. The van der Waals surface area contributed by atoms with E-state index in [9.17, 15) is 4.79 Å². The molecule has 0 saturated carbocycles. The highest BCUT2D eigenvalue weighted by Crippen LogP contribution is 1.85. The highest BCUT2D eigenvalue weighted by atomic mass is 16.4. The molecule has 1 rings (SSSR count). The molecule has 0 bridgehead atoms. The summed E-state index contributed by atoms with van der Waals surface area (Å²) in [7, 11) is 0.0526. The van der Waals surface area contributed by atoms with Crippen LogP contribution in [0.4, 0.5) is 0 Å². The number of aryl methyl sites for hydroxylation is 2. The molecule has 12 heavy (non-hydrogen) atoms. The van der Waals surface area contributed by atoms with Gasteiger partial charge in [0.1, 0.15) is 0 Å². The van der Waals surface area contributed by atoms with Gasteiger partial charge in [-0.3, -0.25) is 4.79 Å². The van der Waals surface area contributed by atoms with Crippen LogP contribution in [0.25, 0.3) is 0 Å². The van der Waals surface area contributed by atoms with E-state index >= 15 is 0 Å². The Kier molecular flexibility index (Phi) is 2.35. The minimum Gasteiger partial charge on any atom is -0.423 e. The van der Waals surface area contributed by atoms with E-state index in [4.69, 9.17) is 10.0 Å². The van der Waals surface area contributed by atoms with Crippen LogP contribution >= 0.6 is 0 Å². The molecule has 1 aromatic rings. The van der Waals surface area contributed by atoms with E-state index in [-0.39, 0.29) is 5.56 Å². The van der Waals surface area contributed by atoms with Gasteiger partial charge >= 0.3 is 7.12 Å². The van der Waals surface area contributed by atoms with Crippen molar-refractivity contribution in [1.82, 2.24) is 4.57 Å². The lowest BCUT2D eigenvalue weighted by atomic mass is 9.81. The second-order valence-corrected chi connectivity index (χ2v) is 2.75. The molecule has 0 atom stereocenters. The van der Waals surface area contributed by atoms with Crippen molar-refractivity contribution in [3.8, 4) is 0 Å². The fourth-order valence-corrected chi connectivity index (χ4v) is 1.05. The molecule has 1 aromatic heterocycles. The van der Waals surface area contributed by atoms with Gasteiger partial charge in [0, 0.05) is 18.8 Å². The molecular weight excluding hydrogens is 157 g/mol. The Morgan fingerprint density at radius 1 is 1.50 bits per heavy atom. The van der Waals surface area contributed by atoms with Crippen molar-refractivity contribution >= 4 is 12.6 Å². The van der Waals surface area contributed by atoms with Crippen molar-refractivity contribution < 1.29 is 10.0 Å². The van der Waals surface area contributed by atoms with E-state index in [0.29, 0.717) is 11.0 Å². The summed E-state index contributed by atoms with van der Waals surface area (Å²) in [6.07, 6.45) is 1.40. The maximum Gasteiger partial charge on any atom is 0.489 e. The second kappa shape index (κ2) is 3.12. The Labute approximate surface area is 70.2 Å². The van der Waals surface area contributed by atoms with Gasteiger partial charge in [0.05, 0.1) is 0 Å².